The maximum Gasteiger partial charge on any atom is 0.410 e. The maximum absolute atomic E-state index is 13.2. The molecule has 2 rings (SSSR count). The van der Waals surface area contributed by atoms with E-state index in [2.05, 4.69) is 21.1 Å². The van der Waals surface area contributed by atoms with Gasteiger partial charge in [0.2, 0.25) is 17.4 Å². The number of aliphatic imine (C=N–C) groups is 1. The molecule has 28 heteroatoms. The van der Waals surface area contributed by atoms with Gasteiger partial charge in [0.15, 0.2) is 24.3 Å². The van der Waals surface area contributed by atoms with Crippen LogP contribution < -0.4 is 16.8 Å². The summed E-state index contributed by atoms with van der Waals surface area (Å²) < 4.78 is 55.4. The fraction of sp³-hybridized carbons (Fsp3) is 0.739. The summed E-state index contributed by atoms with van der Waals surface area (Å²) in [6, 6.07) is -1.74. The van der Waals surface area contributed by atoms with E-state index in [0.29, 0.717) is 85.3 Å². The molecule has 0 aromatic carbocycles. The third-order valence-electron chi connectivity index (χ3n) is 10.9. The molecule has 2 heterocycles. The number of carboxylic acids is 2. The molecule has 74 heavy (non-hydrogen) atoms. The molecule has 28 nitrogen and oxygen atoms in total. The number of likely N-dealkylation sites (N-methyl/N-ethyl adjacent to an activating group) is 1. The summed E-state index contributed by atoms with van der Waals surface area (Å²) in [5, 5.41) is 62.2. The number of nitrogens with zero attached hydrogens (tertiary/aromatic N) is 4. The number of aliphatic carboxylic acids is 2. The van der Waals surface area contributed by atoms with Crippen LogP contribution in [0.1, 0.15) is 32.6 Å². The van der Waals surface area contributed by atoms with E-state index >= 15 is 0 Å². The molecule has 0 bridgehead atoms. The van der Waals surface area contributed by atoms with Crippen LogP contribution in [0.2, 0.25) is 0 Å². The van der Waals surface area contributed by atoms with Gasteiger partial charge in [-0.3, -0.25) is 9.69 Å². The van der Waals surface area contributed by atoms with Crippen LogP contribution in [-0.2, 0) is 61.8 Å². The number of carbonyl (C=O) groups excluding carboxylic acids is 3. The molecule has 0 saturated heterocycles. The van der Waals surface area contributed by atoms with Gasteiger partial charge >= 0.3 is 24.1 Å². The maximum atomic E-state index is 13.2. The minimum atomic E-state index is -1.67. The second kappa shape index (κ2) is 37.2. The molecular formula is C46H77N7O21. The Hall–Kier alpha value is -5.58. The van der Waals surface area contributed by atoms with Crippen molar-refractivity contribution in [1.82, 2.24) is 20.0 Å². The van der Waals surface area contributed by atoms with Crippen LogP contribution in [0.5, 0.6) is 0 Å². The van der Waals surface area contributed by atoms with Gasteiger partial charge in [0, 0.05) is 53.6 Å². The summed E-state index contributed by atoms with van der Waals surface area (Å²) in [5.41, 5.74) is 11.0. The summed E-state index contributed by atoms with van der Waals surface area (Å²) in [4.78, 5) is 69.9. The van der Waals surface area contributed by atoms with E-state index in [1.807, 2.05) is 0 Å². The first-order chi connectivity index (χ1) is 35.4. The topological polar surface area (TPSA) is 385 Å². The molecule has 0 spiro atoms. The molecule has 2 aliphatic heterocycles. The van der Waals surface area contributed by atoms with Gasteiger partial charge in [0.25, 0.3) is 0 Å². The highest BCUT2D eigenvalue weighted by atomic mass is 16.6. The normalized spacial score (nSPS) is 19.0. The van der Waals surface area contributed by atoms with Crippen molar-refractivity contribution < 1.29 is 102 Å². The molecule has 0 radical (unpaired) electrons. The molecule has 0 saturated carbocycles. The second-order valence-corrected chi connectivity index (χ2v) is 16.8. The third-order valence-corrected chi connectivity index (χ3v) is 10.9. The fourth-order valence-corrected chi connectivity index (χ4v) is 7.11. The highest BCUT2D eigenvalue weighted by Crippen LogP contribution is 2.27. The molecule has 8 atom stereocenters. The van der Waals surface area contributed by atoms with Gasteiger partial charge < -0.3 is 105 Å². The van der Waals surface area contributed by atoms with Crippen molar-refractivity contribution >= 4 is 36.0 Å². The Balaban J connectivity index is 1.88. The number of nitrogens with two attached hydrogens (primary N) is 2. The highest BCUT2D eigenvalue weighted by Gasteiger charge is 2.43. The molecule has 0 aromatic rings. The van der Waals surface area contributed by atoms with Crippen molar-refractivity contribution in [1.29, 1.82) is 0 Å². The third kappa shape index (κ3) is 26.1. The van der Waals surface area contributed by atoms with E-state index in [0.717, 1.165) is 4.90 Å². The minimum Gasteiger partial charge on any atom is -0.479 e. The highest BCUT2D eigenvalue weighted by molar-refractivity contribution is 5.85. The number of hydrogen-bond acceptors (Lipinski definition) is 21. The van der Waals surface area contributed by atoms with Crippen LogP contribution in [-0.4, -0.2) is 269 Å². The van der Waals surface area contributed by atoms with Crippen molar-refractivity contribution in [3.8, 4) is 12.3 Å². The van der Waals surface area contributed by atoms with Crippen LogP contribution in [0.15, 0.2) is 28.7 Å². The molecule has 3 amide bonds. The number of carbonyl (C=O) groups is 5. The summed E-state index contributed by atoms with van der Waals surface area (Å²) in [6.45, 7) is 5.06. The quantitative estimate of drug-likeness (QED) is 0.0129. The lowest BCUT2D eigenvalue weighted by Crippen LogP contribution is -2.57. The first kappa shape index (κ1) is 64.5. The van der Waals surface area contributed by atoms with Crippen LogP contribution in [0.4, 0.5) is 9.59 Å². The van der Waals surface area contributed by atoms with E-state index in [9.17, 15) is 54.6 Å². The number of aliphatic hydroxyl groups excluding tert-OH is 4. The van der Waals surface area contributed by atoms with Gasteiger partial charge in [-0.1, -0.05) is 5.92 Å². The minimum absolute atomic E-state index is 0.0000919. The number of unbranched alkanes of at least 4 members (excludes halogenated alkanes) is 1. The van der Waals surface area contributed by atoms with Crippen molar-refractivity contribution in [2.24, 2.45) is 16.5 Å². The van der Waals surface area contributed by atoms with E-state index < -0.39 is 103 Å². The number of hydrogen-bond donors (Lipinski definition) is 9. The number of terminal acetylenes is 1. The Kier molecular flexibility index (Phi) is 32.4. The zero-order valence-corrected chi connectivity index (χ0v) is 42.4. The van der Waals surface area contributed by atoms with Crippen LogP contribution >= 0.6 is 0 Å². The number of amides is 3. The molecule has 422 valence electrons. The summed E-state index contributed by atoms with van der Waals surface area (Å²) in [6.07, 6.45) is -1.99. The lowest BCUT2D eigenvalue weighted by atomic mass is 9.95. The monoisotopic (exact) mass is 1060 g/mol. The van der Waals surface area contributed by atoms with E-state index in [1.54, 1.807) is 0 Å². The largest absolute Gasteiger partial charge is 0.479 e. The van der Waals surface area contributed by atoms with Gasteiger partial charge in [0.05, 0.1) is 98.0 Å². The average Bonchev–Trinajstić information content (AvgIpc) is 3.36. The Morgan fingerprint density at radius 3 is 1.73 bits per heavy atom. The summed E-state index contributed by atoms with van der Waals surface area (Å²) in [7, 11) is 2.90. The van der Waals surface area contributed by atoms with Gasteiger partial charge in [-0.15, -0.1) is 6.42 Å². The standard InChI is InChI=1S/C46H77N7O21/c1-5-15-65-19-23-69-25-26-70-24-22-68-18-14-53(11-7-6-10-51(3)45(63)73-40(34(57)29-54)37-27-32(50-44(47)48)28-38(71-37)43(61)62)13-17-67-21-20-66-16-12-52(4)46(64)74-41(35(58)30-55)39-33(49-31(2)56)8-9-36(72-39)42(59)60/h1,9,28,32-35,37,39-41,54-55,57-58H,6-8,10-27,29-30H2,2-4H3,(H,49,56)(H,59,60)(H,61,62)(H4,47,48,50)/t32-,33-,34-,35-,37-,39-,40-,41-/m1/s1. The summed E-state index contributed by atoms with van der Waals surface area (Å²) in [5.74, 6) is -2.23. The van der Waals surface area contributed by atoms with Gasteiger partial charge in [-0.25, -0.2) is 24.2 Å². The first-order valence-electron chi connectivity index (χ1n) is 24.0. The SMILES string of the molecule is C#CCOCCOCCOCCOCCN(CCCCN(C)C(=O)O[C@H]([C@H](O)CO)[C@H]1C[C@@H](N=C(N)N)C=C(C(=O)O)O1)CCOCCOCCN(C)C(=O)O[C@@H]([C@@H]1OC(C(=O)O)=CC[C@H]1NC(C)=O)[C@H](O)CO. The number of carboxylic acid groups (broad SMARTS) is 2. The van der Waals surface area contributed by atoms with E-state index in [-0.39, 0.29) is 58.3 Å². The fourth-order valence-electron chi connectivity index (χ4n) is 7.11. The molecule has 11 N–H and O–H groups in total. The predicted octanol–water partition coefficient (Wildman–Crippen LogP) is -2.96. The van der Waals surface area contributed by atoms with Crippen molar-refractivity contribution in [3.05, 3.63) is 23.7 Å². The number of aliphatic hydroxyl groups is 4. The van der Waals surface area contributed by atoms with E-state index in [4.69, 9.17) is 65.3 Å². The van der Waals surface area contributed by atoms with Crippen molar-refractivity contribution in [2.45, 2.75) is 81.3 Å². The van der Waals surface area contributed by atoms with Crippen LogP contribution in [0.3, 0.4) is 0 Å². The predicted molar refractivity (Wildman–Crippen MR) is 259 cm³/mol. The average molecular weight is 1060 g/mol. The molecule has 0 aliphatic carbocycles. The smallest absolute Gasteiger partial charge is 0.410 e. The van der Waals surface area contributed by atoms with Gasteiger partial charge in [-0.2, -0.15) is 0 Å². The Morgan fingerprint density at radius 2 is 1.22 bits per heavy atom. The first-order valence-corrected chi connectivity index (χ1v) is 24.0. The van der Waals surface area contributed by atoms with Gasteiger partial charge in [0.1, 0.15) is 24.9 Å². The molecule has 0 fully saturated rings. The zero-order valence-electron chi connectivity index (χ0n) is 42.4. The van der Waals surface area contributed by atoms with Crippen molar-refractivity contribution in [3.63, 3.8) is 0 Å². The molecule has 2 aliphatic rings. The van der Waals surface area contributed by atoms with Crippen molar-refractivity contribution in [2.75, 3.05) is 139 Å². The number of guanidine groups is 1. The Labute approximate surface area is 430 Å². The molecule has 0 aromatic heterocycles. The van der Waals surface area contributed by atoms with Crippen LogP contribution in [0.25, 0.3) is 0 Å². The lowest BCUT2D eigenvalue weighted by Gasteiger charge is -2.38. The molecule has 0 unspecified atom stereocenters. The number of rotatable bonds is 39. The molecular weight excluding hydrogens is 987 g/mol. The Morgan fingerprint density at radius 1 is 0.730 bits per heavy atom. The lowest BCUT2D eigenvalue weighted by molar-refractivity contribution is -0.146. The summed E-state index contributed by atoms with van der Waals surface area (Å²) >= 11 is 0. The van der Waals surface area contributed by atoms with Gasteiger partial charge in [-0.05, 0) is 38.0 Å². The zero-order chi connectivity index (χ0) is 54.8. The number of ether oxygens (including phenoxy) is 10. The van der Waals surface area contributed by atoms with E-state index in [1.165, 1.54) is 38.1 Å². The van der Waals surface area contributed by atoms with Crippen LogP contribution in [0, 0.1) is 12.3 Å². The Bertz CT molecular complexity index is 1820. The number of nitrogens with one attached hydrogen (secondary N) is 1. The second-order valence-electron chi connectivity index (χ2n) is 16.8.